The predicted molar refractivity (Wildman–Crippen MR) is 73.9 cm³/mol. The van der Waals surface area contributed by atoms with Gasteiger partial charge < -0.3 is 14.4 Å². The van der Waals surface area contributed by atoms with Gasteiger partial charge in [0.15, 0.2) is 0 Å². The minimum absolute atomic E-state index is 0.0240. The fourth-order valence-corrected chi connectivity index (χ4v) is 2.15. The number of carbonyl (C=O) groups excluding carboxylic acids is 2. The quantitative estimate of drug-likeness (QED) is 0.621. The van der Waals surface area contributed by atoms with Crippen LogP contribution < -0.4 is 4.74 Å². The zero-order chi connectivity index (χ0) is 14.5. The van der Waals surface area contributed by atoms with Crippen LogP contribution in [0.4, 0.5) is 0 Å². The van der Waals surface area contributed by atoms with E-state index < -0.39 is 5.97 Å². The summed E-state index contributed by atoms with van der Waals surface area (Å²) in [5.74, 6) is 0.269. The lowest BCUT2D eigenvalue weighted by molar-refractivity contribution is -0.134. The van der Waals surface area contributed by atoms with Crippen LogP contribution in [0.3, 0.4) is 0 Å². The van der Waals surface area contributed by atoms with Crippen LogP contribution in [0.15, 0.2) is 30.3 Å². The average Bonchev–Trinajstić information content (AvgIpc) is 2.90. The molecule has 0 spiro atoms. The van der Waals surface area contributed by atoms with E-state index in [1.165, 1.54) is 13.2 Å². The van der Waals surface area contributed by atoms with E-state index >= 15 is 0 Å². The molecule has 1 aliphatic rings. The number of carbonyl (C=O) groups is 2. The molecule has 1 fully saturated rings. The zero-order valence-electron chi connectivity index (χ0n) is 11.6. The smallest absolute Gasteiger partial charge is 0.332 e. The van der Waals surface area contributed by atoms with Crippen LogP contribution in [0.2, 0.25) is 0 Å². The lowest BCUT2D eigenvalue weighted by atomic mass is 10.1. The Balaban J connectivity index is 2.37. The van der Waals surface area contributed by atoms with Crippen molar-refractivity contribution in [1.29, 1.82) is 0 Å². The summed E-state index contributed by atoms with van der Waals surface area (Å²) in [4.78, 5) is 25.0. The largest absolute Gasteiger partial charge is 0.497 e. The van der Waals surface area contributed by atoms with Gasteiger partial charge in [0.2, 0.25) is 5.91 Å². The number of methoxy groups -OCH3 is 2. The maximum atomic E-state index is 11.9. The van der Waals surface area contributed by atoms with Crippen LogP contribution >= 0.6 is 0 Å². The molecular weight excluding hydrogens is 258 g/mol. The van der Waals surface area contributed by atoms with Gasteiger partial charge in [-0.2, -0.15) is 0 Å². The Morgan fingerprint density at radius 2 is 1.95 bits per heavy atom. The van der Waals surface area contributed by atoms with Gasteiger partial charge >= 0.3 is 5.97 Å². The molecule has 0 unspecified atom stereocenters. The van der Waals surface area contributed by atoms with E-state index in [-0.39, 0.29) is 5.91 Å². The van der Waals surface area contributed by atoms with Gasteiger partial charge in [0, 0.05) is 19.0 Å². The molecule has 5 heteroatoms. The van der Waals surface area contributed by atoms with Crippen molar-refractivity contribution in [2.75, 3.05) is 20.8 Å². The monoisotopic (exact) mass is 275 g/mol. The summed E-state index contributed by atoms with van der Waals surface area (Å²) >= 11 is 0. The maximum absolute atomic E-state index is 11.9. The number of likely N-dealkylation sites (tertiary alicyclic amines) is 1. The summed E-state index contributed by atoms with van der Waals surface area (Å²) in [5.41, 5.74) is 1.36. The second kappa shape index (κ2) is 6.23. The molecule has 0 bridgehead atoms. The van der Waals surface area contributed by atoms with Crippen LogP contribution in [0, 0.1) is 0 Å². The molecule has 1 aromatic rings. The summed E-state index contributed by atoms with van der Waals surface area (Å²) in [5, 5.41) is 0. The van der Waals surface area contributed by atoms with E-state index in [0.717, 1.165) is 17.7 Å². The lowest BCUT2D eigenvalue weighted by Gasteiger charge is -2.20. The maximum Gasteiger partial charge on any atom is 0.332 e. The van der Waals surface area contributed by atoms with Crippen molar-refractivity contribution in [2.45, 2.75) is 12.8 Å². The number of hydrogen-bond acceptors (Lipinski definition) is 4. The van der Waals surface area contributed by atoms with E-state index in [1.807, 2.05) is 12.1 Å². The van der Waals surface area contributed by atoms with Gasteiger partial charge in [-0.05, 0) is 36.2 Å². The van der Waals surface area contributed by atoms with Gasteiger partial charge in [-0.1, -0.05) is 0 Å². The van der Waals surface area contributed by atoms with Crippen LogP contribution in [0.25, 0.3) is 5.70 Å². The normalized spacial score (nSPS) is 15.4. The topological polar surface area (TPSA) is 55.8 Å². The molecule has 0 radical (unpaired) electrons. The van der Waals surface area contributed by atoms with Crippen LogP contribution in [0.5, 0.6) is 5.75 Å². The summed E-state index contributed by atoms with van der Waals surface area (Å²) in [6.07, 6.45) is 2.66. The van der Waals surface area contributed by atoms with E-state index in [0.29, 0.717) is 18.7 Å². The molecule has 0 saturated carbocycles. The molecule has 106 valence electrons. The predicted octanol–water partition coefficient (Wildman–Crippen LogP) is 1.83. The minimum Gasteiger partial charge on any atom is -0.497 e. The van der Waals surface area contributed by atoms with Gasteiger partial charge in [-0.25, -0.2) is 4.79 Å². The average molecular weight is 275 g/mol. The molecule has 2 rings (SSSR count). The van der Waals surface area contributed by atoms with Crippen molar-refractivity contribution >= 4 is 17.6 Å². The first-order valence-electron chi connectivity index (χ1n) is 6.40. The third-order valence-electron chi connectivity index (χ3n) is 3.21. The Hall–Kier alpha value is -2.30. The molecular formula is C15H17NO4. The number of hydrogen-bond donors (Lipinski definition) is 0. The Morgan fingerprint density at radius 1 is 1.25 bits per heavy atom. The van der Waals surface area contributed by atoms with Crippen LogP contribution in [0.1, 0.15) is 18.4 Å². The number of nitrogens with zero attached hydrogens (tertiary/aromatic N) is 1. The second-order valence-electron chi connectivity index (χ2n) is 4.43. The first kappa shape index (κ1) is 14.1. The highest BCUT2D eigenvalue weighted by Gasteiger charge is 2.25. The highest BCUT2D eigenvalue weighted by atomic mass is 16.5. The van der Waals surface area contributed by atoms with Gasteiger partial charge in [0.05, 0.1) is 19.9 Å². The Kier molecular flexibility index (Phi) is 4.40. The molecule has 0 aliphatic carbocycles. The zero-order valence-corrected chi connectivity index (χ0v) is 11.6. The molecule has 5 nitrogen and oxygen atoms in total. The number of benzene rings is 1. The van der Waals surface area contributed by atoms with Crippen molar-refractivity contribution < 1.29 is 19.1 Å². The third-order valence-corrected chi connectivity index (χ3v) is 3.21. The molecule has 20 heavy (non-hydrogen) atoms. The Labute approximate surface area is 117 Å². The van der Waals surface area contributed by atoms with Crippen molar-refractivity contribution in [3.05, 3.63) is 35.9 Å². The summed E-state index contributed by atoms with van der Waals surface area (Å²) < 4.78 is 9.77. The van der Waals surface area contributed by atoms with E-state index in [1.54, 1.807) is 24.1 Å². The van der Waals surface area contributed by atoms with E-state index in [9.17, 15) is 9.59 Å². The molecule has 1 heterocycles. The van der Waals surface area contributed by atoms with Crippen molar-refractivity contribution in [1.82, 2.24) is 4.90 Å². The van der Waals surface area contributed by atoms with E-state index in [4.69, 9.17) is 4.74 Å². The molecule has 1 aliphatic heterocycles. The first-order valence-corrected chi connectivity index (χ1v) is 6.40. The van der Waals surface area contributed by atoms with Gasteiger partial charge in [0.1, 0.15) is 5.75 Å². The summed E-state index contributed by atoms with van der Waals surface area (Å²) in [7, 11) is 2.90. The molecule has 1 saturated heterocycles. The Morgan fingerprint density at radius 3 is 2.45 bits per heavy atom. The molecule has 0 aromatic heterocycles. The molecule has 0 atom stereocenters. The second-order valence-corrected chi connectivity index (χ2v) is 4.43. The molecule has 1 amide bonds. The van der Waals surface area contributed by atoms with Gasteiger partial charge in [-0.15, -0.1) is 0 Å². The SMILES string of the molecule is COC(=O)/C=C(\c1ccc(OC)cc1)N1CCCC1=O. The van der Waals surface area contributed by atoms with Crippen molar-refractivity contribution in [2.24, 2.45) is 0 Å². The number of esters is 1. The Bertz CT molecular complexity index is 533. The van der Waals surface area contributed by atoms with Gasteiger partial charge in [0.25, 0.3) is 0 Å². The number of ether oxygens (including phenoxy) is 2. The molecule has 0 N–H and O–H groups in total. The van der Waals surface area contributed by atoms with Crippen LogP contribution in [-0.4, -0.2) is 37.5 Å². The third kappa shape index (κ3) is 2.99. The summed E-state index contributed by atoms with van der Waals surface area (Å²) in [6, 6.07) is 7.22. The minimum atomic E-state index is -0.476. The van der Waals surface area contributed by atoms with E-state index in [2.05, 4.69) is 4.74 Å². The standard InChI is InChI=1S/C15H17NO4/c1-19-12-7-5-11(6-8-12)13(10-15(18)20-2)16-9-3-4-14(16)17/h5-8,10H,3-4,9H2,1-2H3/b13-10+. The summed E-state index contributed by atoms with van der Waals surface area (Å²) in [6.45, 7) is 0.619. The van der Waals surface area contributed by atoms with Gasteiger partial charge in [-0.3, -0.25) is 4.79 Å². The first-order chi connectivity index (χ1) is 9.65. The molecule has 1 aromatic carbocycles. The van der Waals surface area contributed by atoms with Crippen molar-refractivity contribution in [3.8, 4) is 5.75 Å². The van der Waals surface area contributed by atoms with Crippen molar-refractivity contribution in [3.63, 3.8) is 0 Å². The van der Waals surface area contributed by atoms with Crippen LogP contribution in [-0.2, 0) is 14.3 Å². The highest BCUT2D eigenvalue weighted by Crippen LogP contribution is 2.26. The number of rotatable bonds is 4. The number of amides is 1. The highest BCUT2D eigenvalue weighted by molar-refractivity contribution is 5.96. The lowest BCUT2D eigenvalue weighted by Crippen LogP contribution is -2.23. The fraction of sp³-hybridized carbons (Fsp3) is 0.333. The fourth-order valence-electron chi connectivity index (χ4n) is 2.15.